The van der Waals surface area contributed by atoms with Crippen LogP contribution in [0, 0.1) is 45.7 Å². The van der Waals surface area contributed by atoms with Gasteiger partial charge < -0.3 is 9.84 Å². The maximum absolute atomic E-state index is 13.3. The molecule has 0 saturated carbocycles. The first-order valence-corrected chi connectivity index (χ1v) is 10.3. The molecule has 31 heavy (non-hydrogen) atoms. The summed E-state index contributed by atoms with van der Waals surface area (Å²) in [5, 5.41) is 29.6. The zero-order valence-corrected chi connectivity index (χ0v) is 20.1. The quantitative estimate of drug-likeness (QED) is 0.202. The maximum atomic E-state index is 13.3. The van der Waals surface area contributed by atoms with Gasteiger partial charge in [-0.3, -0.25) is 20.2 Å². The highest BCUT2D eigenvalue weighted by molar-refractivity contribution is 14.1. The van der Waals surface area contributed by atoms with Crippen LogP contribution in [0.2, 0.25) is 0 Å². The molecule has 1 N–H and O–H groups in total. The van der Waals surface area contributed by atoms with Crippen LogP contribution in [0.4, 0.5) is 20.2 Å². The summed E-state index contributed by atoms with van der Waals surface area (Å²) in [6.07, 6.45) is -0.166. The molecule has 0 unspecified atom stereocenters. The third-order valence-electron chi connectivity index (χ3n) is 3.27. The summed E-state index contributed by atoms with van der Waals surface area (Å²) in [4.78, 5) is 19.4. The smallest absolute Gasteiger partial charge is 0.275 e. The third kappa shape index (κ3) is 10.3. The number of aromatic hydroxyl groups is 1. The van der Waals surface area contributed by atoms with Crippen LogP contribution >= 0.6 is 22.6 Å². The standard InChI is InChI=1S/C10H12FNO3.C7H6FNO3.C3H7I/c1-6(2)15-10-4-7(3)9(12(13)14)5-8(10)11;1-4-2-7(10)5(8)3-6(4)9(11)12;1-3(2)4/h4-6H,1-3H3;2-3,10H,1H3;3H,1-2H3. The Bertz CT molecular complexity index is 920. The van der Waals surface area contributed by atoms with E-state index in [1.165, 1.54) is 13.0 Å². The van der Waals surface area contributed by atoms with Gasteiger partial charge in [0.1, 0.15) is 0 Å². The van der Waals surface area contributed by atoms with Crippen molar-refractivity contribution in [3.8, 4) is 11.5 Å². The maximum Gasteiger partial charge on any atom is 0.275 e. The zero-order valence-electron chi connectivity index (χ0n) is 18.0. The van der Waals surface area contributed by atoms with Crippen molar-refractivity contribution in [1.29, 1.82) is 0 Å². The number of rotatable bonds is 4. The number of halogens is 3. The number of hydrogen-bond donors (Lipinski definition) is 1. The number of nitro groups is 2. The minimum Gasteiger partial charge on any atom is -0.505 e. The number of nitro benzene ring substituents is 2. The lowest BCUT2D eigenvalue weighted by Gasteiger charge is -2.11. The molecule has 2 aromatic rings. The number of phenolic OH excluding ortho intramolecular Hbond substituents is 1. The lowest BCUT2D eigenvalue weighted by atomic mass is 10.2. The minimum atomic E-state index is -0.979. The number of ether oxygens (including phenoxy) is 1. The summed E-state index contributed by atoms with van der Waals surface area (Å²) in [7, 11) is 0. The molecule has 0 aliphatic rings. The van der Waals surface area contributed by atoms with E-state index in [0.717, 1.165) is 16.1 Å². The van der Waals surface area contributed by atoms with Gasteiger partial charge in [-0.2, -0.15) is 0 Å². The molecule has 0 heterocycles. The Hall–Kier alpha value is -2.57. The van der Waals surface area contributed by atoms with Crippen LogP contribution in [0.1, 0.15) is 38.8 Å². The van der Waals surface area contributed by atoms with E-state index in [1.807, 2.05) is 0 Å². The molecule has 0 fully saturated rings. The van der Waals surface area contributed by atoms with Gasteiger partial charge in [-0.25, -0.2) is 8.78 Å². The van der Waals surface area contributed by atoms with Crippen molar-refractivity contribution >= 4 is 34.0 Å². The van der Waals surface area contributed by atoms with E-state index in [9.17, 15) is 29.0 Å². The summed E-state index contributed by atoms with van der Waals surface area (Å²) in [6.45, 7) is 10.8. The molecule has 172 valence electrons. The first-order chi connectivity index (χ1) is 14.2. The monoisotopic (exact) mass is 554 g/mol. The molecule has 0 spiro atoms. The fourth-order valence-electron chi connectivity index (χ4n) is 2.04. The van der Waals surface area contributed by atoms with Crippen molar-refractivity contribution in [3.05, 3.63) is 67.3 Å². The Labute approximate surface area is 192 Å². The second kappa shape index (κ2) is 13.0. The highest BCUT2D eigenvalue weighted by atomic mass is 127. The molecule has 8 nitrogen and oxygen atoms in total. The zero-order chi connectivity index (χ0) is 24.5. The molecule has 0 bridgehead atoms. The van der Waals surface area contributed by atoms with E-state index in [-0.39, 0.29) is 28.8 Å². The molecule has 2 aromatic carbocycles. The average Bonchev–Trinajstić information content (AvgIpc) is 2.60. The van der Waals surface area contributed by atoms with Crippen LogP contribution in [0.5, 0.6) is 11.5 Å². The molecular formula is C20H25F2IN2O6. The van der Waals surface area contributed by atoms with Crippen LogP contribution in [-0.4, -0.2) is 25.0 Å². The van der Waals surface area contributed by atoms with E-state index >= 15 is 0 Å². The number of alkyl halides is 1. The normalized spacial score (nSPS) is 10.0. The van der Waals surface area contributed by atoms with Gasteiger partial charge >= 0.3 is 0 Å². The second-order valence-corrected chi connectivity index (χ2v) is 9.35. The molecule has 0 aliphatic heterocycles. The number of hydrogen-bond acceptors (Lipinski definition) is 6. The van der Waals surface area contributed by atoms with Crippen LogP contribution in [0.3, 0.4) is 0 Å². The van der Waals surface area contributed by atoms with Gasteiger partial charge in [-0.15, -0.1) is 0 Å². The Balaban J connectivity index is 0.000000504. The summed E-state index contributed by atoms with van der Waals surface area (Å²) >= 11 is 2.34. The van der Waals surface area contributed by atoms with Crippen molar-refractivity contribution in [2.45, 2.75) is 51.6 Å². The van der Waals surface area contributed by atoms with Gasteiger partial charge in [-0.05, 0) is 39.8 Å². The van der Waals surface area contributed by atoms with Crippen LogP contribution < -0.4 is 4.74 Å². The van der Waals surface area contributed by atoms with Crippen LogP contribution in [0.15, 0.2) is 24.3 Å². The van der Waals surface area contributed by atoms with Crippen molar-refractivity contribution in [1.82, 2.24) is 0 Å². The topological polar surface area (TPSA) is 116 Å². The Morgan fingerprint density at radius 1 is 0.903 bits per heavy atom. The molecule has 2 rings (SSSR count). The molecule has 0 aliphatic carbocycles. The SMILES string of the molecule is CC(C)I.Cc1cc(O)c(F)cc1[N+](=O)[O-].Cc1cc(OC(C)C)c(F)cc1[N+](=O)[O-]. The lowest BCUT2D eigenvalue weighted by molar-refractivity contribution is -0.385. The summed E-state index contributed by atoms with van der Waals surface area (Å²) < 4.78 is 31.9. The van der Waals surface area contributed by atoms with E-state index in [2.05, 4.69) is 36.4 Å². The molecule has 11 heteroatoms. The lowest BCUT2D eigenvalue weighted by Crippen LogP contribution is -2.07. The van der Waals surface area contributed by atoms with E-state index in [1.54, 1.807) is 20.8 Å². The van der Waals surface area contributed by atoms with Gasteiger partial charge in [0, 0.05) is 15.1 Å². The van der Waals surface area contributed by atoms with E-state index in [0.29, 0.717) is 11.6 Å². The first-order valence-electron chi connectivity index (χ1n) is 9.06. The first kappa shape index (κ1) is 28.4. The average molecular weight is 554 g/mol. The highest BCUT2D eigenvalue weighted by Gasteiger charge is 2.17. The van der Waals surface area contributed by atoms with E-state index in [4.69, 9.17) is 9.84 Å². The predicted octanol–water partition coefficient (Wildman–Crippen LogP) is 6.41. The molecular weight excluding hydrogens is 529 g/mol. The predicted molar refractivity (Wildman–Crippen MR) is 122 cm³/mol. The van der Waals surface area contributed by atoms with Gasteiger partial charge in [0.15, 0.2) is 23.1 Å². The van der Waals surface area contributed by atoms with Crippen molar-refractivity contribution in [2.75, 3.05) is 0 Å². The van der Waals surface area contributed by atoms with Gasteiger partial charge in [0.25, 0.3) is 11.4 Å². The molecule has 0 radical (unpaired) electrons. The largest absolute Gasteiger partial charge is 0.505 e. The number of phenols is 1. The Kier molecular flexibility index (Phi) is 11.9. The van der Waals surface area contributed by atoms with Gasteiger partial charge in [-0.1, -0.05) is 36.4 Å². The third-order valence-corrected chi connectivity index (χ3v) is 3.27. The summed E-state index contributed by atoms with van der Waals surface area (Å²) in [6, 6.07) is 3.94. The molecule has 0 aromatic heterocycles. The van der Waals surface area contributed by atoms with Crippen molar-refractivity contribution < 1.29 is 28.5 Å². The fraction of sp³-hybridized carbons (Fsp3) is 0.400. The number of benzene rings is 2. The van der Waals surface area contributed by atoms with Gasteiger partial charge in [0.05, 0.1) is 28.1 Å². The molecule has 0 amide bonds. The van der Waals surface area contributed by atoms with Crippen molar-refractivity contribution in [3.63, 3.8) is 0 Å². The Morgan fingerprint density at radius 3 is 1.68 bits per heavy atom. The number of nitrogens with zero attached hydrogens (tertiary/aromatic N) is 2. The highest BCUT2D eigenvalue weighted by Crippen LogP contribution is 2.27. The molecule has 0 atom stereocenters. The molecule has 0 saturated heterocycles. The van der Waals surface area contributed by atoms with Crippen LogP contribution in [0.25, 0.3) is 0 Å². The van der Waals surface area contributed by atoms with Crippen molar-refractivity contribution in [2.24, 2.45) is 0 Å². The van der Waals surface area contributed by atoms with E-state index < -0.39 is 27.2 Å². The summed E-state index contributed by atoms with van der Waals surface area (Å²) in [5.74, 6) is -2.21. The summed E-state index contributed by atoms with van der Waals surface area (Å²) in [5.41, 5.74) is 0.0601. The van der Waals surface area contributed by atoms with Crippen LogP contribution in [-0.2, 0) is 0 Å². The Morgan fingerprint density at radius 2 is 1.29 bits per heavy atom. The number of aryl methyl sites for hydroxylation is 2. The fourth-order valence-corrected chi connectivity index (χ4v) is 2.04. The minimum absolute atomic E-state index is 0.0492. The van der Waals surface area contributed by atoms with Gasteiger partial charge in [0.2, 0.25) is 0 Å². The second-order valence-electron chi connectivity index (χ2n) is 6.85.